The summed E-state index contributed by atoms with van der Waals surface area (Å²) in [5.74, 6) is -0.00148. The fourth-order valence-corrected chi connectivity index (χ4v) is 5.09. The number of aryl methyl sites for hydroxylation is 2. The van der Waals surface area contributed by atoms with Crippen molar-refractivity contribution in [1.29, 1.82) is 0 Å². The molecule has 3 rings (SSSR count). The molecule has 1 aliphatic rings. The van der Waals surface area contributed by atoms with Gasteiger partial charge in [0.1, 0.15) is 0 Å². The molecule has 8 heteroatoms. The normalized spacial score (nSPS) is 15.6. The van der Waals surface area contributed by atoms with E-state index in [0.29, 0.717) is 49.1 Å². The molecule has 0 spiro atoms. The van der Waals surface area contributed by atoms with E-state index < -0.39 is 10.0 Å². The summed E-state index contributed by atoms with van der Waals surface area (Å²) in [6.45, 7) is 3.28. The molecule has 2 aromatic rings. The summed E-state index contributed by atoms with van der Waals surface area (Å²) < 4.78 is 26.9. The van der Waals surface area contributed by atoms with E-state index in [4.69, 9.17) is 23.2 Å². The third-order valence-corrected chi connectivity index (χ3v) is 7.37. The van der Waals surface area contributed by atoms with Gasteiger partial charge in [0.25, 0.3) is 0 Å². The molecule has 1 saturated heterocycles. The number of rotatable bonds is 5. The van der Waals surface area contributed by atoms with Crippen LogP contribution in [0, 0.1) is 6.92 Å². The van der Waals surface area contributed by atoms with Gasteiger partial charge in [0.2, 0.25) is 15.9 Å². The molecular weight excluding hydrogens is 419 g/mol. The lowest BCUT2D eigenvalue weighted by Crippen LogP contribution is -2.50. The van der Waals surface area contributed by atoms with Crippen LogP contribution in [0.2, 0.25) is 10.0 Å². The molecule has 0 aromatic heterocycles. The lowest BCUT2D eigenvalue weighted by Gasteiger charge is -2.34. The van der Waals surface area contributed by atoms with Crippen molar-refractivity contribution in [2.45, 2.75) is 24.7 Å². The summed E-state index contributed by atoms with van der Waals surface area (Å²) in [6.07, 6.45) is 0.850. The summed E-state index contributed by atoms with van der Waals surface area (Å²) >= 11 is 12.0. The number of halogens is 2. The molecule has 0 aliphatic carbocycles. The van der Waals surface area contributed by atoms with Gasteiger partial charge in [-0.1, -0.05) is 47.0 Å². The van der Waals surface area contributed by atoms with Crippen molar-refractivity contribution in [3.05, 3.63) is 63.6 Å². The van der Waals surface area contributed by atoms with E-state index in [1.807, 2.05) is 13.0 Å². The molecule has 150 valence electrons. The predicted octanol–water partition coefficient (Wildman–Crippen LogP) is 3.77. The SMILES string of the molecule is Cc1ccc(S(=O)(=O)N2CCN(C(=O)CCc3ccc(Cl)cc3Cl)CC2)cc1. The van der Waals surface area contributed by atoms with Crippen molar-refractivity contribution in [1.82, 2.24) is 9.21 Å². The maximum absolute atomic E-state index is 12.7. The Labute approximate surface area is 175 Å². The number of piperazine rings is 1. The molecule has 1 fully saturated rings. The van der Waals surface area contributed by atoms with E-state index >= 15 is 0 Å². The highest BCUT2D eigenvalue weighted by Gasteiger charge is 2.29. The molecule has 0 unspecified atom stereocenters. The molecule has 0 N–H and O–H groups in total. The van der Waals surface area contributed by atoms with Crippen molar-refractivity contribution in [3.63, 3.8) is 0 Å². The van der Waals surface area contributed by atoms with Crippen molar-refractivity contribution in [2.75, 3.05) is 26.2 Å². The van der Waals surface area contributed by atoms with Crippen molar-refractivity contribution in [2.24, 2.45) is 0 Å². The van der Waals surface area contributed by atoms with E-state index in [1.54, 1.807) is 41.3 Å². The molecule has 0 atom stereocenters. The van der Waals surface area contributed by atoms with Gasteiger partial charge in [-0.25, -0.2) is 8.42 Å². The van der Waals surface area contributed by atoms with Gasteiger partial charge in [-0.15, -0.1) is 0 Å². The highest BCUT2D eigenvalue weighted by molar-refractivity contribution is 7.89. The summed E-state index contributed by atoms with van der Waals surface area (Å²) in [6, 6.07) is 12.1. The molecule has 28 heavy (non-hydrogen) atoms. The Morgan fingerprint density at radius 3 is 2.25 bits per heavy atom. The number of sulfonamides is 1. The number of hydrogen-bond donors (Lipinski definition) is 0. The average Bonchev–Trinajstić information content (AvgIpc) is 2.67. The van der Waals surface area contributed by atoms with Gasteiger partial charge >= 0.3 is 0 Å². The Bertz CT molecular complexity index is 954. The van der Waals surface area contributed by atoms with Crippen LogP contribution in [0.4, 0.5) is 0 Å². The molecular formula is C20H22Cl2N2O3S. The number of nitrogens with zero attached hydrogens (tertiary/aromatic N) is 2. The zero-order valence-electron chi connectivity index (χ0n) is 15.6. The molecule has 0 saturated carbocycles. The standard InChI is InChI=1S/C20H22Cl2N2O3S/c1-15-2-7-18(8-3-15)28(26,27)24-12-10-23(11-13-24)20(25)9-5-16-4-6-17(21)14-19(16)22/h2-4,6-8,14H,5,9-13H2,1H3. The van der Waals surface area contributed by atoms with Crippen LogP contribution in [0.5, 0.6) is 0 Å². The Hall–Kier alpha value is -1.60. The molecule has 5 nitrogen and oxygen atoms in total. The van der Waals surface area contributed by atoms with E-state index in [1.165, 1.54) is 4.31 Å². The van der Waals surface area contributed by atoms with Crippen LogP contribution in [0.3, 0.4) is 0 Å². The number of carbonyl (C=O) groups excluding carboxylic acids is 1. The van der Waals surface area contributed by atoms with E-state index in [-0.39, 0.29) is 10.8 Å². The van der Waals surface area contributed by atoms with Crippen LogP contribution in [-0.4, -0.2) is 49.7 Å². The van der Waals surface area contributed by atoms with Gasteiger partial charge in [0.05, 0.1) is 4.90 Å². The first-order chi connectivity index (χ1) is 13.3. The summed E-state index contributed by atoms with van der Waals surface area (Å²) in [4.78, 5) is 14.5. The number of hydrogen-bond acceptors (Lipinski definition) is 3. The van der Waals surface area contributed by atoms with Gasteiger partial charge < -0.3 is 4.90 Å². The number of amides is 1. The first-order valence-electron chi connectivity index (χ1n) is 9.06. The molecule has 0 radical (unpaired) electrons. The van der Waals surface area contributed by atoms with Crippen molar-refractivity contribution < 1.29 is 13.2 Å². The maximum atomic E-state index is 12.7. The Kier molecular flexibility index (Phi) is 6.65. The maximum Gasteiger partial charge on any atom is 0.243 e. The summed E-state index contributed by atoms with van der Waals surface area (Å²) in [5.41, 5.74) is 1.88. The van der Waals surface area contributed by atoms with Crippen LogP contribution in [0.1, 0.15) is 17.5 Å². The number of carbonyl (C=O) groups is 1. The summed E-state index contributed by atoms with van der Waals surface area (Å²) in [5, 5.41) is 1.11. The van der Waals surface area contributed by atoms with E-state index in [9.17, 15) is 13.2 Å². The lowest BCUT2D eigenvalue weighted by atomic mass is 10.1. The molecule has 0 bridgehead atoms. The highest BCUT2D eigenvalue weighted by Crippen LogP contribution is 2.23. The second kappa shape index (κ2) is 8.82. The molecule has 1 amide bonds. The average molecular weight is 441 g/mol. The first-order valence-corrected chi connectivity index (χ1v) is 11.3. The van der Waals surface area contributed by atoms with Gasteiger partial charge in [-0.05, 0) is 43.2 Å². The van der Waals surface area contributed by atoms with Crippen LogP contribution in [-0.2, 0) is 21.2 Å². The molecule has 2 aromatic carbocycles. The number of benzene rings is 2. The van der Waals surface area contributed by atoms with Gasteiger partial charge in [-0.3, -0.25) is 4.79 Å². The smallest absolute Gasteiger partial charge is 0.243 e. The predicted molar refractivity (Wildman–Crippen MR) is 111 cm³/mol. The third-order valence-electron chi connectivity index (χ3n) is 4.87. The fraction of sp³-hybridized carbons (Fsp3) is 0.350. The molecule has 1 heterocycles. The van der Waals surface area contributed by atoms with Crippen LogP contribution < -0.4 is 0 Å². The minimum atomic E-state index is -3.53. The topological polar surface area (TPSA) is 57.7 Å². The van der Waals surface area contributed by atoms with E-state index in [2.05, 4.69) is 0 Å². The van der Waals surface area contributed by atoms with Gasteiger partial charge in [-0.2, -0.15) is 4.31 Å². The molecule has 1 aliphatic heterocycles. The monoisotopic (exact) mass is 440 g/mol. The van der Waals surface area contributed by atoms with Gasteiger partial charge in [0, 0.05) is 42.6 Å². The van der Waals surface area contributed by atoms with E-state index in [0.717, 1.165) is 11.1 Å². The van der Waals surface area contributed by atoms with Crippen LogP contribution in [0.15, 0.2) is 47.4 Å². The van der Waals surface area contributed by atoms with Crippen LogP contribution in [0.25, 0.3) is 0 Å². The Balaban J connectivity index is 1.55. The third kappa shape index (κ3) is 4.87. The van der Waals surface area contributed by atoms with Crippen LogP contribution >= 0.6 is 23.2 Å². The zero-order chi connectivity index (χ0) is 20.3. The Morgan fingerprint density at radius 1 is 1.00 bits per heavy atom. The largest absolute Gasteiger partial charge is 0.340 e. The first kappa shape index (κ1) is 21.1. The Morgan fingerprint density at radius 2 is 1.64 bits per heavy atom. The van der Waals surface area contributed by atoms with Crippen molar-refractivity contribution in [3.8, 4) is 0 Å². The highest BCUT2D eigenvalue weighted by atomic mass is 35.5. The summed E-state index contributed by atoms with van der Waals surface area (Å²) in [7, 11) is -3.53. The zero-order valence-corrected chi connectivity index (χ0v) is 17.9. The lowest BCUT2D eigenvalue weighted by molar-refractivity contribution is -0.132. The minimum absolute atomic E-state index is 0.00148. The quantitative estimate of drug-likeness (QED) is 0.710. The minimum Gasteiger partial charge on any atom is -0.340 e. The second-order valence-corrected chi connectivity index (χ2v) is 9.62. The van der Waals surface area contributed by atoms with Crippen molar-refractivity contribution >= 4 is 39.1 Å². The second-order valence-electron chi connectivity index (χ2n) is 6.83. The fourth-order valence-electron chi connectivity index (χ4n) is 3.16. The van der Waals surface area contributed by atoms with Gasteiger partial charge in [0.15, 0.2) is 0 Å².